The number of halogens is 1. The van der Waals surface area contributed by atoms with Crippen LogP contribution in [0.4, 0.5) is 0 Å². The molecule has 0 spiro atoms. The Morgan fingerprint density at radius 1 is 1.14 bits per heavy atom. The van der Waals surface area contributed by atoms with Crippen molar-refractivity contribution in [2.75, 3.05) is 7.11 Å². The van der Waals surface area contributed by atoms with Crippen LogP contribution in [0, 0.1) is 0 Å². The number of methoxy groups -OCH3 is 1. The monoisotopic (exact) mass is 297 g/mol. The van der Waals surface area contributed by atoms with Crippen LogP contribution in [0.1, 0.15) is 10.4 Å². The lowest BCUT2D eigenvalue weighted by atomic mass is 9.97. The molecule has 0 unspecified atom stereocenters. The molecule has 0 aliphatic carbocycles. The third-order valence-electron chi connectivity index (χ3n) is 3.37. The third-order valence-corrected chi connectivity index (χ3v) is 3.67. The van der Waals surface area contributed by atoms with E-state index in [9.17, 15) is 4.79 Å². The van der Waals surface area contributed by atoms with Crippen molar-refractivity contribution in [2.45, 2.75) is 0 Å². The summed E-state index contributed by atoms with van der Waals surface area (Å²) in [4.78, 5) is 15.7. The van der Waals surface area contributed by atoms with Crippen molar-refractivity contribution in [3.05, 3.63) is 65.4 Å². The highest BCUT2D eigenvalue weighted by atomic mass is 35.5. The van der Waals surface area contributed by atoms with Gasteiger partial charge in [-0.25, -0.2) is 4.79 Å². The average molecular weight is 298 g/mol. The van der Waals surface area contributed by atoms with Gasteiger partial charge in [0.05, 0.1) is 17.7 Å². The first-order valence-electron chi connectivity index (χ1n) is 6.41. The van der Waals surface area contributed by atoms with Crippen LogP contribution < -0.4 is 0 Å². The molecule has 104 valence electrons. The number of fused-ring (bicyclic) bond motifs is 1. The van der Waals surface area contributed by atoms with Gasteiger partial charge in [-0.3, -0.25) is 4.98 Å². The second kappa shape index (κ2) is 5.54. The number of rotatable bonds is 2. The highest BCUT2D eigenvalue weighted by Gasteiger charge is 2.11. The van der Waals surface area contributed by atoms with Crippen LogP contribution in [0.3, 0.4) is 0 Å². The largest absolute Gasteiger partial charge is 0.465 e. The minimum atomic E-state index is -0.354. The molecule has 0 bridgehead atoms. The quantitative estimate of drug-likeness (QED) is 0.660. The molecule has 21 heavy (non-hydrogen) atoms. The smallest absolute Gasteiger partial charge is 0.337 e. The number of hydrogen-bond donors (Lipinski definition) is 0. The van der Waals surface area contributed by atoms with Crippen LogP contribution in [0.5, 0.6) is 0 Å². The van der Waals surface area contributed by atoms with Gasteiger partial charge in [-0.2, -0.15) is 0 Å². The predicted molar refractivity (Wildman–Crippen MR) is 83.5 cm³/mol. The molecule has 0 aliphatic rings. The molecular weight excluding hydrogens is 286 g/mol. The standard InChI is InChI=1S/C17H12ClNO2/c1-21-17(20)12-6-5-11-3-2-4-13(15(11)9-12)14-7-8-19-10-16(14)18/h2-10H,1H3. The lowest BCUT2D eigenvalue weighted by Crippen LogP contribution is -2.00. The fourth-order valence-corrected chi connectivity index (χ4v) is 2.57. The summed E-state index contributed by atoms with van der Waals surface area (Å²) in [5.74, 6) is -0.354. The molecule has 0 amide bonds. The average Bonchev–Trinajstić information content (AvgIpc) is 2.53. The Bertz CT molecular complexity index is 830. The highest BCUT2D eigenvalue weighted by molar-refractivity contribution is 6.33. The molecule has 3 rings (SSSR count). The van der Waals surface area contributed by atoms with Gasteiger partial charge in [0.2, 0.25) is 0 Å². The molecule has 3 aromatic rings. The van der Waals surface area contributed by atoms with E-state index < -0.39 is 0 Å². The zero-order chi connectivity index (χ0) is 14.8. The minimum absolute atomic E-state index is 0.354. The van der Waals surface area contributed by atoms with E-state index >= 15 is 0 Å². The number of pyridine rings is 1. The molecule has 1 heterocycles. The van der Waals surface area contributed by atoms with Gasteiger partial charge in [-0.15, -0.1) is 0 Å². The fourth-order valence-electron chi connectivity index (χ4n) is 2.35. The Balaban J connectivity index is 2.28. The molecule has 1 aromatic heterocycles. The lowest BCUT2D eigenvalue weighted by Gasteiger charge is -2.09. The Kier molecular flexibility index (Phi) is 3.59. The molecule has 0 saturated carbocycles. The van der Waals surface area contributed by atoms with Crippen LogP contribution in [0.15, 0.2) is 54.9 Å². The zero-order valence-corrected chi connectivity index (χ0v) is 12.1. The summed E-state index contributed by atoms with van der Waals surface area (Å²) in [6, 6.07) is 13.3. The maximum atomic E-state index is 11.7. The lowest BCUT2D eigenvalue weighted by molar-refractivity contribution is 0.0601. The summed E-state index contributed by atoms with van der Waals surface area (Å²) in [6.45, 7) is 0. The number of benzene rings is 2. The van der Waals surface area contributed by atoms with E-state index in [-0.39, 0.29) is 5.97 Å². The summed E-state index contributed by atoms with van der Waals surface area (Å²) in [6.07, 6.45) is 3.31. The van der Waals surface area contributed by atoms with Crippen molar-refractivity contribution >= 4 is 28.3 Å². The van der Waals surface area contributed by atoms with Gasteiger partial charge in [0.15, 0.2) is 0 Å². The molecular formula is C17H12ClNO2. The van der Waals surface area contributed by atoms with Crippen LogP contribution in [-0.4, -0.2) is 18.1 Å². The van der Waals surface area contributed by atoms with E-state index in [1.807, 2.05) is 36.4 Å². The van der Waals surface area contributed by atoms with E-state index in [0.717, 1.165) is 21.9 Å². The summed E-state index contributed by atoms with van der Waals surface area (Å²) in [5, 5.41) is 2.56. The van der Waals surface area contributed by atoms with Gasteiger partial charge >= 0.3 is 5.97 Å². The van der Waals surface area contributed by atoms with Crippen molar-refractivity contribution < 1.29 is 9.53 Å². The van der Waals surface area contributed by atoms with E-state index in [0.29, 0.717) is 10.6 Å². The molecule has 0 saturated heterocycles. The van der Waals surface area contributed by atoms with Gasteiger partial charge in [0.25, 0.3) is 0 Å². The number of hydrogen-bond acceptors (Lipinski definition) is 3. The first kappa shape index (κ1) is 13.6. The highest BCUT2D eigenvalue weighted by Crippen LogP contribution is 2.33. The molecule has 0 fully saturated rings. The van der Waals surface area contributed by atoms with E-state index in [2.05, 4.69) is 4.98 Å². The molecule has 0 N–H and O–H groups in total. The first-order valence-corrected chi connectivity index (χ1v) is 6.79. The van der Waals surface area contributed by atoms with Gasteiger partial charge < -0.3 is 4.74 Å². The number of aromatic nitrogens is 1. The Labute approximate surface area is 127 Å². The van der Waals surface area contributed by atoms with Crippen molar-refractivity contribution in [3.63, 3.8) is 0 Å². The zero-order valence-electron chi connectivity index (χ0n) is 11.3. The van der Waals surface area contributed by atoms with Crippen molar-refractivity contribution in [1.29, 1.82) is 0 Å². The van der Waals surface area contributed by atoms with Crippen LogP contribution in [0.2, 0.25) is 5.02 Å². The first-order chi connectivity index (χ1) is 10.2. The maximum Gasteiger partial charge on any atom is 0.337 e. The van der Waals surface area contributed by atoms with Crippen LogP contribution >= 0.6 is 11.6 Å². The van der Waals surface area contributed by atoms with Crippen molar-refractivity contribution in [3.8, 4) is 11.1 Å². The Hall–Kier alpha value is -2.39. The number of esters is 1. The molecule has 0 radical (unpaired) electrons. The summed E-state index contributed by atoms with van der Waals surface area (Å²) in [7, 11) is 1.37. The summed E-state index contributed by atoms with van der Waals surface area (Å²) >= 11 is 6.23. The van der Waals surface area contributed by atoms with E-state index in [1.54, 1.807) is 18.5 Å². The summed E-state index contributed by atoms with van der Waals surface area (Å²) in [5.41, 5.74) is 2.37. The van der Waals surface area contributed by atoms with Gasteiger partial charge in [-0.05, 0) is 34.5 Å². The second-order valence-electron chi connectivity index (χ2n) is 4.59. The third kappa shape index (κ3) is 2.48. The fraction of sp³-hybridized carbons (Fsp3) is 0.0588. The molecule has 2 aromatic carbocycles. The molecule has 3 nitrogen and oxygen atoms in total. The molecule has 4 heteroatoms. The number of carbonyl (C=O) groups excluding carboxylic acids is 1. The Morgan fingerprint density at radius 2 is 2.00 bits per heavy atom. The SMILES string of the molecule is COC(=O)c1ccc2cccc(-c3ccncc3Cl)c2c1. The van der Waals surface area contributed by atoms with Gasteiger partial charge in [-0.1, -0.05) is 35.9 Å². The van der Waals surface area contributed by atoms with E-state index in [1.165, 1.54) is 7.11 Å². The minimum Gasteiger partial charge on any atom is -0.465 e. The van der Waals surface area contributed by atoms with Gasteiger partial charge in [0, 0.05) is 18.0 Å². The number of ether oxygens (including phenoxy) is 1. The predicted octanol–water partition coefficient (Wildman–Crippen LogP) is 4.34. The topological polar surface area (TPSA) is 39.2 Å². The van der Waals surface area contributed by atoms with Crippen LogP contribution in [0.25, 0.3) is 21.9 Å². The Morgan fingerprint density at radius 3 is 2.76 bits per heavy atom. The molecule has 0 atom stereocenters. The normalized spacial score (nSPS) is 10.6. The maximum absolute atomic E-state index is 11.7. The van der Waals surface area contributed by atoms with Gasteiger partial charge in [0.1, 0.15) is 0 Å². The van der Waals surface area contributed by atoms with Crippen molar-refractivity contribution in [1.82, 2.24) is 4.98 Å². The molecule has 0 aliphatic heterocycles. The van der Waals surface area contributed by atoms with Crippen LogP contribution in [-0.2, 0) is 4.74 Å². The number of nitrogens with zero attached hydrogens (tertiary/aromatic N) is 1. The number of carbonyl (C=O) groups is 1. The van der Waals surface area contributed by atoms with Crippen molar-refractivity contribution in [2.24, 2.45) is 0 Å². The van der Waals surface area contributed by atoms with E-state index in [4.69, 9.17) is 16.3 Å². The second-order valence-corrected chi connectivity index (χ2v) is 5.00. The summed E-state index contributed by atoms with van der Waals surface area (Å²) < 4.78 is 4.78.